The zero-order chi connectivity index (χ0) is 18.0. The first kappa shape index (κ1) is 17.4. The van der Waals surface area contributed by atoms with Gasteiger partial charge in [-0.15, -0.1) is 5.10 Å². The molecule has 3 rings (SSSR count). The summed E-state index contributed by atoms with van der Waals surface area (Å²) in [5, 5.41) is 8.08. The molecule has 0 saturated carbocycles. The number of hydrogen-bond acceptors (Lipinski definition) is 5. The Kier molecular flexibility index (Phi) is 5.01. The molecule has 1 aliphatic heterocycles. The number of piperidine rings is 1. The standard InChI is InChI=1S/C18H24N4O3/c1-4-22-16-6-5-14(11-15(16)19-20-22)18(24)25-13(3)17(23)21-9-7-12(2)8-10-21/h5-6,11-13H,4,7-10H2,1-3H3/t13-/m1/s1. The number of esters is 1. The lowest BCUT2D eigenvalue weighted by Crippen LogP contribution is -2.44. The molecule has 25 heavy (non-hydrogen) atoms. The number of benzene rings is 1. The van der Waals surface area contributed by atoms with Crippen molar-refractivity contribution in [2.24, 2.45) is 5.92 Å². The first-order valence-electron chi connectivity index (χ1n) is 8.82. The zero-order valence-corrected chi connectivity index (χ0v) is 14.9. The van der Waals surface area contributed by atoms with E-state index in [4.69, 9.17) is 4.74 Å². The second kappa shape index (κ2) is 7.21. The third-order valence-electron chi connectivity index (χ3n) is 4.78. The van der Waals surface area contributed by atoms with E-state index in [0.717, 1.165) is 31.4 Å². The summed E-state index contributed by atoms with van der Waals surface area (Å²) in [7, 11) is 0. The predicted molar refractivity (Wildman–Crippen MR) is 93.1 cm³/mol. The van der Waals surface area contributed by atoms with Crippen molar-refractivity contribution in [3.63, 3.8) is 0 Å². The van der Waals surface area contributed by atoms with E-state index in [0.29, 0.717) is 23.5 Å². The second-order valence-electron chi connectivity index (χ2n) is 6.66. The summed E-state index contributed by atoms with van der Waals surface area (Å²) in [5.41, 5.74) is 1.88. The highest BCUT2D eigenvalue weighted by atomic mass is 16.5. The summed E-state index contributed by atoms with van der Waals surface area (Å²) in [4.78, 5) is 26.6. The highest BCUT2D eigenvalue weighted by Crippen LogP contribution is 2.18. The van der Waals surface area contributed by atoms with Gasteiger partial charge >= 0.3 is 5.97 Å². The number of carbonyl (C=O) groups is 2. The smallest absolute Gasteiger partial charge is 0.338 e. The fourth-order valence-electron chi connectivity index (χ4n) is 3.10. The molecule has 2 aromatic rings. The Labute approximate surface area is 146 Å². The lowest BCUT2D eigenvalue weighted by atomic mass is 9.99. The Hall–Kier alpha value is -2.44. The lowest BCUT2D eigenvalue weighted by molar-refractivity contribution is -0.141. The van der Waals surface area contributed by atoms with Gasteiger partial charge in [0.25, 0.3) is 5.91 Å². The molecular weight excluding hydrogens is 320 g/mol. The average molecular weight is 344 g/mol. The van der Waals surface area contributed by atoms with Crippen molar-refractivity contribution in [1.29, 1.82) is 0 Å². The molecule has 0 N–H and O–H groups in total. The van der Waals surface area contributed by atoms with E-state index >= 15 is 0 Å². The molecule has 2 heterocycles. The Morgan fingerprint density at radius 1 is 1.32 bits per heavy atom. The van der Waals surface area contributed by atoms with Crippen molar-refractivity contribution in [2.45, 2.75) is 46.3 Å². The molecule has 134 valence electrons. The number of ether oxygens (including phenoxy) is 1. The SMILES string of the molecule is CCn1nnc2cc(C(=O)O[C@H](C)C(=O)N3CCC(C)CC3)ccc21. The van der Waals surface area contributed by atoms with E-state index in [-0.39, 0.29) is 5.91 Å². The van der Waals surface area contributed by atoms with Gasteiger partial charge in [0.15, 0.2) is 6.10 Å². The van der Waals surface area contributed by atoms with Crippen LogP contribution in [0.1, 0.15) is 44.0 Å². The fraction of sp³-hybridized carbons (Fsp3) is 0.556. The van der Waals surface area contributed by atoms with Crippen molar-refractivity contribution in [3.8, 4) is 0 Å². The van der Waals surface area contributed by atoms with Crippen molar-refractivity contribution < 1.29 is 14.3 Å². The highest BCUT2D eigenvalue weighted by Gasteiger charge is 2.27. The van der Waals surface area contributed by atoms with Gasteiger partial charge in [-0.05, 0) is 50.8 Å². The van der Waals surface area contributed by atoms with Gasteiger partial charge in [-0.1, -0.05) is 12.1 Å². The van der Waals surface area contributed by atoms with Gasteiger partial charge in [0, 0.05) is 19.6 Å². The number of likely N-dealkylation sites (tertiary alicyclic amines) is 1. The zero-order valence-electron chi connectivity index (χ0n) is 14.9. The van der Waals surface area contributed by atoms with Crippen molar-refractivity contribution >= 4 is 22.9 Å². The van der Waals surface area contributed by atoms with Crippen LogP contribution in [0.25, 0.3) is 11.0 Å². The average Bonchev–Trinajstić information content (AvgIpc) is 3.03. The number of nitrogens with zero attached hydrogens (tertiary/aromatic N) is 4. The maximum Gasteiger partial charge on any atom is 0.338 e. The number of hydrogen-bond donors (Lipinski definition) is 0. The Morgan fingerprint density at radius 2 is 2.04 bits per heavy atom. The summed E-state index contributed by atoms with van der Waals surface area (Å²) < 4.78 is 7.13. The number of aromatic nitrogens is 3. The third-order valence-corrected chi connectivity index (χ3v) is 4.78. The van der Waals surface area contributed by atoms with E-state index in [2.05, 4.69) is 17.2 Å². The van der Waals surface area contributed by atoms with Crippen molar-refractivity contribution in [2.75, 3.05) is 13.1 Å². The normalized spacial score (nSPS) is 16.8. The molecule has 1 aliphatic rings. The minimum Gasteiger partial charge on any atom is -0.449 e. The van der Waals surface area contributed by atoms with Gasteiger partial charge in [-0.3, -0.25) is 4.79 Å². The van der Waals surface area contributed by atoms with Crippen LogP contribution in [-0.4, -0.2) is 51.0 Å². The molecule has 1 saturated heterocycles. The van der Waals surface area contributed by atoms with E-state index in [9.17, 15) is 9.59 Å². The molecule has 0 radical (unpaired) electrons. The maximum absolute atomic E-state index is 12.4. The van der Waals surface area contributed by atoms with E-state index in [1.807, 2.05) is 6.92 Å². The first-order valence-corrected chi connectivity index (χ1v) is 8.82. The third kappa shape index (κ3) is 3.65. The Bertz CT molecular complexity index is 778. The highest BCUT2D eigenvalue weighted by molar-refractivity contribution is 5.95. The summed E-state index contributed by atoms with van der Waals surface area (Å²) in [6.45, 7) is 7.97. The van der Waals surface area contributed by atoms with Crippen LogP contribution in [0, 0.1) is 5.92 Å². The van der Waals surface area contributed by atoms with Gasteiger partial charge in [-0.2, -0.15) is 0 Å². The number of aryl methyl sites for hydroxylation is 1. The van der Waals surface area contributed by atoms with Crippen LogP contribution >= 0.6 is 0 Å². The van der Waals surface area contributed by atoms with Crippen LogP contribution in [-0.2, 0) is 16.1 Å². The van der Waals surface area contributed by atoms with E-state index < -0.39 is 12.1 Å². The topological polar surface area (TPSA) is 77.3 Å². The van der Waals surface area contributed by atoms with Gasteiger partial charge in [-0.25, -0.2) is 9.48 Å². The summed E-state index contributed by atoms with van der Waals surface area (Å²) in [6.07, 6.45) is 1.20. The molecule has 1 atom stereocenters. The van der Waals surface area contributed by atoms with Gasteiger partial charge in [0.1, 0.15) is 5.52 Å². The molecule has 0 bridgehead atoms. The second-order valence-corrected chi connectivity index (χ2v) is 6.66. The summed E-state index contributed by atoms with van der Waals surface area (Å²) in [5.74, 6) is 0.00241. The molecule has 7 nitrogen and oxygen atoms in total. The van der Waals surface area contributed by atoms with Crippen LogP contribution in [0.4, 0.5) is 0 Å². The Morgan fingerprint density at radius 3 is 2.72 bits per heavy atom. The summed E-state index contributed by atoms with van der Waals surface area (Å²) in [6, 6.07) is 5.13. The molecule has 0 spiro atoms. The van der Waals surface area contributed by atoms with Crippen molar-refractivity contribution in [1.82, 2.24) is 19.9 Å². The van der Waals surface area contributed by atoms with Crippen LogP contribution in [0.3, 0.4) is 0 Å². The minimum atomic E-state index is -0.789. The van der Waals surface area contributed by atoms with Crippen LogP contribution in [0.5, 0.6) is 0 Å². The maximum atomic E-state index is 12.4. The number of fused-ring (bicyclic) bond motifs is 1. The largest absolute Gasteiger partial charge is 0.449 e. The minimum absolute atomic E-state index is 0.127. The molecule has 1 amide bonds. The quantitative estimate of drug-likeness (QED) is 0.795. The fourth-order valence-corrected chi connectivity index (χ4v) is 3.10. The molecule has 0 aliphatic carbocycles. The van der Waals surface area contributed by atoms with E-state index in [1.165, 1.54) is 0 Å². The van der Waals surface area contributed by atoms with E-state index in [1.54, 1.807) is 34.7 Å². The number of amides is 1. The van der Waals surface area contributed by atoms with Crippen molar-refractivity contribution in [3.05, 3.63) is 23.8 Å². The van der Waals surface area contributed by atoms with Crippen LogP contribution in [0.15, 0.2) is 18.2 Å². The van der Waals surface area contributed by atoms with Gasteiger partial charge in [0.05, 0.1) is 11.1 Å². The number of carbonyl (C=O) groups excluding carboxylic acids is 2. The van der Waals surface area contributed by atoms with Gasteiger partial charge < -0.3 is 9.64 Å². The van der Waals surface area contributed by atoms with Crippen LogP contribution < -0.4 is 0 Å². The predicted octanol–water partition coefficient (Wildman–Crippen LogP) is 2.25. The monoisotopic (exact) mass is 344 g/mol. The summed E-state index contributed by atoms with van der Waals surface area (Å²) >= 11 is 0. The molecule has 7 heteroatoms. The molecule has 0 unspecified atom stereocenters. The molecule has 1 fully saturated rings. The first-order chi connectivity index (χ1) is 12.0. The van der Waals surface area contributed by atoms with Gasteiger partial charge in [0.2, 0.25) is 0 Å². The Balaban J connectivity index is 1.66. The number of rotatable bonds is 4. The molecule has 1 aromatic carbocycles. The molecular formula is C18H24N4O3. The molecule has 1 aromatic heterocycles. The van der Waals surface area contributed by atoms with Crippen LogP contribution in [0.2, 0.25) is 0 Å². The lowest BCUT2D eigenvalue weighted by Gasteiger charge is -2.31.